The van der Waals surface area contributed by atoms with Gasteiger partial charge in [-0.25, -0.2) is 4.98 Å². The summed E-state index contributed by atoms with van der Waals surface area (Å²) in [5.41, 5.74) is 1.89. The number of methoxy groups -OCH3 is 1. The highest BCUT2D eigenvalue weighted by molar-refractivity contribution is 6.62. The van der Waals surface area contributed by atoms with Crippen molar-refractivity contribution >= 4 is 35.1 Å². The van der Waals surface area contributed by atoms with E-state index in [-0.39, 0.29) is 11.5 Å². The lowest BCUT2D eigenvalue weighted by Gasteiger charge is -2.37. The van der Waals surface area contributed by atoms with Gasteiger partial charge in [-0.3, -0.25) is 19.1 Å². The largest absolute Gasteiger partial charge is 0.494 e. The normalized spacial score (nSPS) is 21.5. The molecule has 11 heteroatoms. The minimum atomic E-state index is -0.538. The van der Waals surface area contributed by atoms with Crippen LogP contribution in [0, 0.1) is 0 Å². The van der Waals surface area contributed by atoms with Crippen molar-refractivity contribution in [3.63, 3.8) is 0 Å². The molecule has 0 radical (unpaired) electrons. The molecule has 3 aromatic rings. The molecule has 1 N–H and O–H groups in total. The molecule has 3 fully saturated rings. The number of amides is 1. The van der Waals surface area contributed by atoms with Gasteiger partial charge in [-0.1, -0.05) is 12.1 Å². The molecule has 1 aromatic heterocycles. The fourth-order valence-electron chi connectivity index (χ4n) is 5.84. The third-order valence-electron chi connectivity index (χ3n) is 9.48. The molecule has 10 nitrogen and oxygen atoms in total. The van der Waals surface area contributed by atoms with E-state index in [1.54, 1.807) is 13.2 Å². The molecule has 0 unspecified atom stereocenters. The lowest BCUT2D eigenvalue weighted by molar-refractivity contribution is -0.123. The molecule has 2 aliphatic heterocycles. The maximum atomic E-state index is 13.7. The second-order valence-corrected chi connectivity index (χ2v) is 12.8. The topological polar surface area (TPSA) is 98.2 Å². The van der Waals surface area contributed by atoms with Crippen LogP contribution in [0.4, 0.5) is 5.69 Å². The van der Waals surface area contributed by atoms with Crippen LogP contribution < -0.4 is 16.3 Å². The van der Waals surface area contributed by atoms with Gasteiger partial charge < -0.3 is 24.3 Å². The Morgan fingerprint density at radius 1 is 1.02 bits per heavy atom. The van der Waals surface area contributed by atoms with Crippen LogP contribution in [0.5, 0.6) is 0 Å². The number of rotatable bonds is 7. The zero-order valence-corrected chi connectivity index (χ0v) is 25.4. The standard InChI is InChI=1S/C31H40BN5O5/c1-29(2)30(3,4)42-32(41-29)22-8-10-24-26(17-22)33-20-37(27(24)38)23-9-7-21(19-40-6)25(18-23)34-28(39)31(11-12-31)36-15-13-35(5)14-16-36/h7-10,17-18,20H,11-16,19H2,1-6H3,(H,34,39). The van der Waals surface area contributed by atoms with E-state index in [0.717, 1.165) is 50.0 Å². The number of piperazine rings is 1. The summed E-state index contributed by atoms with van der Waals surface area (Å²) in [6, 6.07) is 11.1. The molecule has 0 spiro atoms. The third-order valence-corrected chi connectivity index (χ3v) is 9.48. The lowest BCUT2D eigenvalue weighted by atomic mass is 9.79. The highest BCUT2D eigenvalue weighted by atomic mass is 16.7. The minimum absolute atomic E-state index is 0.000717. The zero-order valence-electron chi connectivity index (χ0n) is 25.4. The molecule has 2 saturated heterocycles. The smallest absolute Gasteiger partial charge is 0.399 e. The van der Waals surface area contributed by atoms with Gasteiger partial charge in [0.25, 0.3) is 5.56 Å². The molecular weight excluding hydrogens is 533 g/mol. The maximum Gasteiger partial charge on any atom is 0.494 e. The van der Waals surface area contributed by atoms with Crippen molar-refractivity contribution in [3.8, 4) is 5.69 Å². The fraction of sp³-hybridized carbons (Fsp3) is 0.516. The molecule has 2 aromatic carbocycles. The van der Waals surface area contributed by atoms with Gasteiger partial charge in [0.1, 0.15) is 11.9 Å². The van der Waals surface area contributed by atoms with Crippen LogP contribution in [0.1, 0.15) is 46.1 Å². The molecule has 1 amide bonds. The molecule has 42 heavy (non-hydrogen) atoms. The Morgan fingerprint density at radius 2 is 1.71 bits per heavy atom. The van der Waals surface area contributed by atoms with E-state index < -0.39 is 23.9 Å². The second kappa shape index (κ2) is 10.6. The van der Waals surface area contributed by atoms with Crippen molar-refractivity contribution in [2.24, 2.45) is 0 Å². The van der Waals surface area contributed by atoms with E-state index in [4.69, 9.17) is 14.0 Å². The van der Waals surface area contributed by atoms with Gasteiger partial charge in [0.05, 0.1) is 34.4 Å². The van der Waals surface area contributed by atoms with Gasteiger partial charge in [-0.15, -0.1) is 0 Å². The first-order valence-corrected chi connectivity index (χ1v) is 14.7. The average Bonchev–Trinajstić information content (AvgIpc) is 3.72. The van der Waals surface area contributed by atoms with Crippen molar-refractivity contribution in [1.82, 2.24) is 19.4 Å². The Morgan fingerprint density at radius 3 is 2.36 bits per heavy atom. The molecule has 0 bridgehead atoms. The summed E-state index contributed by atoms with van der Waals surface area (Å²) in [7, 11) is 3.20. The summed E-state index contributed by atoms with van der Waals surface area (Å²) in [4.78, 5) is 36.5. The number of aromatic nitrogens is 2. The van der Waals surface area contributed by atoms with Crippen LogP contribution in [0.3, 0.4) is 0 Å². The van der Waals surface area contributed by atoms with Gasteiger partial charge >= 0.3 is 7.12 Å². The predicted molar refractivity (Wildman–Crippen MR) is 163 cm³/mol. The summed E-state index contributed by atoms with van der Waals surface area (Å²) in [5, 5.41) is 3.67. The van der Waals surface area contributed by atoms with E-state index in [9.17, 15) is 9.59 Å². The number of anilines is 1. The Hall–Kier alpha value is -3.09. The summed E-state index contributed by atoms with van der Waals surface area (Å²) < 4.78 is 19.3. The van der Waals surface area contributed by atoms with E-state index in [0.29, 0.717) is 28.9 Å². The highest BCUT2D eigenvalue weighted by Gasteiger charge is 2.55. The number of carbonyl (C=O) groups is 1. The maximum absolute atomic E-state index is 13.7. The number of carbonyl (C=O) groups excluding carboxylic acids is 1. The summed E-state index contributed by atoms with van der Waals surface area (Å²) in [6.07, 6.45) is 3.23. The van der Waals surface area contributed by atoms with Crippen LogP contribution >= 0.6 is 0 Å². The summed E-state index contributed by atoms with van der Waals surface area (Å²) in [5.74, 6) is 0.000717. The van der Waals surface area contributed by atoms with Gasteiger partial charge in [0.2, 0.25) is 5.91 Å². The van der Waals surface area contributed by atoms with Crippen LogP contribution in [0.2, 0.25) is 0 Å². The number of hydrogen-bond acceptors (Lipinski definition) is 8. The van der Waals surface area contributed by atoms with E-state index in [1.807, 2.05) is 58.0 Å². The monoisotopic (exact) mass is 573 g/mol. The minimum Gasteiger partial charge on any atom is -0.399 e. The number of hydrogen-bond donors (Lipinski definition) is 1. The Labute approximate surface area is 247 Å². The Balaban J connectivity index is 1.28. The van der Waals surface area contributed by atoms with Crippen molar-refractivity contribution in [1.29, 1.82) is 0 Å². The number of likely N-dealkylation sites (N-methyl/N-ethyl adjacent to an activating group) is 1. The van der Waals surface area contributed by atoms with Crippen LogP contribution in [0.25, 0.3) is 16.6 Å². The first kappa shape index (κ1) is 29.0. The summed E-state index contributed by atoms with van der Waals surface area (Å²) >= 11 is 0. The average molecular weight is 574 g/mol. The van der Waals surface area contributed by atoms with E-state index >= 15 is 0 Å². The zero-order chi connectivity index (χ0) is 29.9. The van der Waals surface area contributed by atoms with Gasteiger partial charge in [0, 0.05) is 44.5 Å². The second-order valence-electron chi connectivity index (χ2n) is 12.8. The predicted octanol–water partition coefficient (Wildman–Crippen LogP) is 2.55. The molecule has 1 saturated carbocycles. The van der Waals surface area contributed by atoms with Crippen molar-refractivity contribution in [2.75, 3.05) is 45.7 Å². The number of nitrogens with zero attached hydrogens (tertiary/aromatic N) is 4. The number of fused-ring (bicyclic) bond motifs is 1. The first-order chi connectivity index (χ1) is 19.9. The van der Waals surface area contributed by atoms with Crippen molar-refractivity contribution < 1.29 is 18.8 Å². The van der Waals surface area contributed by atoms with E-state index in [2.05, 4.69) is 27.1 Å². The molecule has 3 heterocycles. The molecule has 3 aliphatic rings. The Kier molecular flexibility index (Phi) is 7.30. The SMILES string of the molecule is COCc1ccc(-n2cnc3cc(B4OC(C)(C)C(C)(C)O4)ccc3c2=O)cc1NC(=O)C1(N2CCN(C)CC2)CC1. The van der Waals surface area contributed by atoms with Gasteiger partial charge in [0.15, 0.2) is 0 Å². The number of benzene rings is 2. The van der Waals surface area contributed by atoms with Gasteiger partial charge in [-0.05, 0) is 77.3 Å². The van der Waals surface area contributed by atoms with Crippen molar-refractivity contribution in [3.05, 3.63) is 58.6 Å². The quantitative estimate of drug-likeness (QED) is 0.431. The molecule has 222 valence electrons. The molecule has 0 atom stereocenters. The van der Waals surface area contributed by atoms with Crippen LogP contribution in [-0.4, -0.2) is 89.5 Å². The molecule has 1 aliphatic carbocycles. The number of nitrogens with one attached hydrogen (secondary N) is 1. The first-order valence-electron chi connectivity index (χ1n) is 14.7. The van der Waals surface area contributed by atoms with E-state index in [1.165, 1.54) is 10.9 Å². The molecule has 6 rings (SSSR count). The lowest BCUT2D eigenvalue weighted by Crippen LogP contribution is -2.54. The third kappa shape index (κ3) is 5.07. The number of ether oxygens (including phenoxy) is 1. The Bertz CT molecular complexity index is 1560. The highest BCUT2D eigenvalue weighted by Crippen LogP contribution is 2.43. The van der Waals surface area contributed by atoms with Crippen LogP contribution in [-0.2, 0) is 25.4 Å². The summed E-state index contributed by atoms with van der Waals surface area (Å²) in [6.45, 7) is 12.0. The van der Waals surface area contributed by atoms with Gasteiger partial charge in [-0.2, -0.15) is 0 Å². The van der Waals surface area contributed by atoms with Crippen LogP contribution in [0.15, 0.2) is 47.5 Å². The fourth-order valence-corrected chi connectivity index (χ4v) is 5.84. The van der Waals surface area contributed by atoms with Crippen molar-refractivity contribution in [2.45, 2.75) is 63.9 Å². The molecular formula is C31H40BN5O5.